The van der Waals surface area contributed by atoms with Crippen molar-refractivity contribution >= 4 is 5.91 Å². The molecule has 2 nitrogen and oxygen atoms in total. The van der Waals surface area contributed by atoms with Crippen molar-refractivity contribution in [3.05, 3.63) is 82.5 Å². The second-order valence-electron chi connectivity index (χ2n) is 9.24. The number of allylic oxidation sites excluding steroid dienone is 8. The highest BCUT2D eigenvalue weighted by Gasteiger charge is 2.23. The van der Waals surface area contributed by atoms with Crippen LogP contribution >= 0.6 is 0 Å². The van der Waals surface area contributed by atoms with Gasteiger partial charge in [-0.3, -0.25) is 4.79 Å². The third kappa shape index (κ3) is 6.05. The Hall–Kier alpha value is -2.49. The quantitative estimate of drug-likeness (QED) is 0.457. The Morgan fingerprint density at radius 3 is 2.44 bits per heavy atom. The summed E-state index contributed by atoms with van der Waals surface area (Å²) in [6.45, 7) is 1.58. The molecule has 1 heterocycles. The maximum atomic E-state index is 13.4. The van der Waals surface area contributed by atoms with Crippen molar-refractivity contribution in [3.8, 4) is 0 Å². The number of benzene rings is 1. The molecule has 0 N–H and O–H groups in total. The van der Waals surface area contributed by atoms with E-state index in [0.29, 0.717) is 24.3 Å². The van der Waals surface area contributed by atoms with Crippen molar-refractivity contribution in [3.63, 3.8) is 0 Å². The van der Waals surface area contributed by atoms with E-state index in [1.807, 2.05) is 4.90 Å². The van der Waals surface area contributed by atoms with Gasteiger partial charge >= 0.3 is 0 Å². The molecule has 1 amide bonds. The number of nitrogens with zero attached hydrogens (tertiary/aromatic N) is 1. The van der Waals surface area contributed by atoms with E-state index in [4.69, 9.17) is 0 Å². The molecule has 0 bridgehead atoms. The van der Waals surface area contributed by atoms with Gasteiger partial charge in [-0.2, -0.15) is 0 Å². The minimum Gasteiger partial charge on any atom is -0.343 e. The molecule has 0 radical (unpaired) electrons. The van der Waals surface area contributed by atoms with Crippen LogP contribution in [0.5, 0.6) is 0 Å². The summed E-state index contributed by atoms with van der Waals surface area (Å²) < 4.78 is 26.7. The standard InChI is InChI=1S/C28H33F2NO/c29-25-18-22(19-26(30)20-25)11-10-21-14-16-31(17-15-21)28(32)13-12-24-8-4-5-9-27(24)23-6-2-1-3-7-23/h1-2,4,6,8,18-21H,3,5,7,9-17H2. The van der Waals surface area contributed by atoms with Gasteiger partial charge in [0.1, 0.15) is 11.6 Å². The first kappa shape index (κ1) is 22.7. The molecule has 0 saturated carbocycles. The molecule has 0 spiro atoms. The Bertz CT molecular complexity index is 928. The number of piperidine rings is 1. The van der Waals surface area contributed by atoms with Crippen LogP contribution in [0.4, 0.5) is 8.78 Å². The molecule has 0 aromatic heterocycles. The molecule has 4 heteroatoms. The maximum Gasteiger partial charge on any atom is 0.222 e. The molecular formula is C28H33F2NO. The summed E-state index contributed by atoms with van der Waals surface area (Å²) in [5.41, 5.74) is 4.95. The van der Waals surface area contributed by atoms with E-state index in [-0.39, 0.29) is 5.91 Å². The summed E-state index contributed by atoms with van der Waals surface area (Å²) in [5, 5.41) is 0. The average Bonchev–Trinajstić information content (AvgIpc) is 2.82. The number of hydrogen-bond acceptors (Lipinski definition) is 1. The summed E-state index contributed by atoms with van der Waals surface area (Å²) in [6.07, 6.45) is 20.4. The van der Waals surface area contributed by atoms with Crippen LogP contribution in [-0.4, -0.2) is 23.9 Å². The van der Waals surface area contributed by atoms with Crippen LogP contribution in [0.25, 0.3) is 0 Å². The first-order chi connectivity index (χ1) is 15.6. The molecule has 0 atom stereocenters. The molecule has 32 heavy (non-hydrogen) atoms. The van der Waals surface area contributed by atoms with E-state index in [1.54, 1.807) is 0 Å². The van der Waals surface area contributed by atoms with Crippen molar-refractivity contribution in [2.45, 2.75) is 64.2 Å². The lowest BCUT2D eigenvalue weighted by Gasteiger charge is -2.32. The summed E-state index contributed by atoms with van der Waals surface area (Å²) >= 11 is 0. The molecule has 1 fully saturated rings. The van der Waals surface area contributed by atoms with Crippen LogP contribution in [0, 0.1) is 17.6 Å². The van der Waals surface area contributed by atoms with Gasteiger partial charge in [0.05, 0.1) is 0 Å². The predicted octanol–water partition coefficient (Wildman–Crippen LogP) is 6.84. The third-order valence-electron chi connectivity index (χ3n) is 7.01. The Morgan fingerprint density at radius 2 is 1.72 bits per heavy atom. The predicted molar refractivity (Wildman–Crippen MR) is 125 cm³/mol. The maximum absolute atomic E-state index is 13.4. The third-order valence-corrected chi connectivity index (χ3v) is 7.01. The molecule has 1 saturated heterocycles. The summed E-state index contributed by atoms with van der Waals surface area (Å²) in [4.78, 5) is 14.9. The van der Waals surface area contributed by atoms with Gasteiger partial charge in [-0.1, -0.05) is 30.4 Å². The number of amides is 1. The number of hydrogen-bond donors (Lipinski definition) is 0. The van der Waals surface area contributed by atoms with E-state index < -0.39 is 11.6 Å². The number of likely N-dealkylation sites (tertiary alicyclic amines) is 1. The second-order valence-corrected chi connectivity index (χ2v) is 9.24. The Morgan fingerprint density at radius 1 is 0.969 bits per heavy atom. The summed E-state index contributed by atoms with van der Waals surface area (Å²) in [5.74, 6) is -0.267. The SMILES string of the molecule is O=C(CCC1=C(C2=CC=CCC2)CCC=C1)N1CCC(CCc2cc(F)cc(F)c2)CC1. The molecular weight excluding hydrogens is 404 g/mol. The van der Waals surface area contributed by atoms with Gasteiger partial charge < -0.3 is 4.90 Å². The van der Waals surface area contributed by atoms with Crippen LogP contribution in [-0.2, 0) is 11.2 Å². The van der Waals surface area contributed by atoms with Crippen LogP contribution in [0.2, 0.25) is 0 Å². The number of carbonyl (C=O) groups is 1. The van der Waals surface area contributed by atoms with Crippen LogP contribution in [0.3, 0.4) is 0 Å². The highest BCUT2D eigenvalue weighted by molar-refractivity contribution is 5.76. The number of halogens is 2. The van der Waals surface area contributed by atoms with E-state index in [0.717, 1.165) is 70.5 Å². The molecule has 1 aromatic rings. The molecule has 0 unspecified atom stereocenters. The zero-order valence-electron chi connectivity index (χ0n) is 18.8. The molecule has 3 aliphatic rings. The molecule has 2 aliphatic carbocycles. The van der Waals surface area contributed by atoms with Crippen molar-refractivity contribution in [2.75, 3.05) is 13.1 Å². The van der Waals surface area contributed by atoms with E-state index in [2.05, 4.69) is 30.4 Å². The van der Waals surface area contributed by atoms with Crippen molar-refractivity contribution in [2.24, 2.45) is 5.92 Å². The number of rotatable bonds is 7. The Kier molecular flexibility index (Phi) is 7.72. The van der Waals surface area contributed by atoms with Gasteiger partial charge in [-0.15, -0.1) is 0 Å². The lowest BCUT2D eigenvalue weighted by Crippen LogP contribution is -2.38. The van der Waals surface area contributed by atoms with Gasteiger partial charge in [0.25, 0.3) is 0 Å². The van der Waals surface area contributed by atoms with E-state index in [9.17, 15) is 13.6 Å². The summed E-state index contributed by atoms with van der Waals surface area (Å²) in [6, 6.07) is 3.76. The highest BCUT2D eigenvalue weighted by Crippen LogP contribution is 2.32. The van der Waals surface area contributed by atoms with Crippen molar-refractivity contribution in [1.29, 1.82) is 0 Å². The highest BCUT2D eigenvalue weighted by atomic mass is 19.1. The second kappa shape index (κ2) is 10.9. The zero-order chi connectivity index (χ0) is 22.3. The minimum absolute atomic E-state index is 0.249. The van der Waals surface area contributed by atoms with Crippen LogP contribution in [0.15, 0.2) is 65.3 Å². The van der Waals surface area contributed by atoms with Gasteiger partial charge in [0, 0.05) is 25.6 Å². The first-order valence-corrected chi connectivity index (χ1v) is 12.1. The first-order valence-electron chi connectivity index (χ1n) is 12.1. The fraction of sp³-hybridized carbons (Fsp3) is 0.464. The van der Waals surface area contributed by atoms with Crippen molar-refractivity contribution < 1.29 is 13.6 Å². The zero-order valence-corrected chi connectivity index (χ0v) is 18.8. The van der Waals surface area contributed by atoms with Crippen molar-refractivity contribution in [1.82, 2.24) is 4.90 Å². The lowest BCUT2D eigenvalue weighted by molar-refractivity contribution is -0.132. The fourth-order valence-electron chi connectivity index (χ4n) is 5.17. The summed E-state index contributed by atoms with van der Waals surface area (Å²) in [7, 11) is 0. The number of carbonyl (C=O) groups excluding carboxylic acids is 1. The molecule has 4 rings (SSSR count). The van der Waals surface area contributed by atoms with Gasteiger partial charge in [-0.25, -0.2) is 8.78 Å². The Balaban J connectivity index is 1.24. The van der Waals surface area contributed by atoms with Crippen LogP contribution in [0.1, 0.15) is 63.4 Å². The van der Waals surface area contributed by atoms with E-state index >= 15 is 0 Å². The largest absolute Gasteiger partial charge is 0.343 e. The molecule has 1 aliphatic heterocycles. The Labute approximate surface area is 190 Å². The van der Waals surface area contributed by atoms with Gasteiger partial charge in [0.2, 0.25) is 5.91 Å². The van der Waals surface area contributed by atoms with Gasteiger partial charge in [0.15, 0.2) is 0 Å². The normalized spacial score (nSPS) is 19.4. The fourth-order valence-corrected chi connectivity index (χ4v) is 5.17. The molecule has 1 aromatic carbocycles. The minimum atomic E-state index is -0.511. The number of aryl methyl sites for hydroxylation is 1. The van der Waals surface area contributed by atoms with Crippen LogP contribution < -0.4 is 0 Å². The molecule has 170 valence electrons. The monoisotopic (exact) mass is 437 g/mol. The smallest absolute Gasteiger partial charge is 0.222 e. The van der Waals surface area contributed by atoms with Gasteiger partial charge in [-0.05, 0) is 98.1 Å². The topological polar surface area (TPSA) is 20.3 Å². The lowest BCUT2D eigenvalue weighted by atomic mass is 9.85. The average molecular weight is 438 g/mol. The van der Waals surface area contributed by atoms with E-state index in [1.165, 1.54) is 28.9 Å².